The second-order valence-corrected chi connectivity index (χ2v) is 7.16. The molecule has 0 atom stereocenters. The smallest absolute Gasteiger partial charge is 0.412 e. The molecule has 0 radical (unpaired) electrons. The number of nitrogens with one attached hydrogen (secondary N) is 1. The molecule has 1 aliphatic carbocycles. The van der Waals surface area contributed by atoms with Gasteiger partial charge in [-0.2, -0.15) is 0 Å². The number of piperidine rings is 1. The first kappa shape index (κ1) is 16.4. The fourth-order valence-electron chi connectivity index (χ4n) is 4.50. The minimum absolute atomic E-state index is 0.328. The zero-order valence-corrected chi connectivity index (χ0v) is 14.7. The van der Waals surface area contributed by atoms with Gasteiger partial charge in [0.25, 0.3) is 0 Å². The van der Waals surface area contributed by atoms with Crippen LogP contribution in [0.2, 0.25) is 0 Å². The van der Waals surface area contributed by atoms with Crippen molar-refractivity contribution in [3.8, 4) is 0 Å². The Morgan fingerprint density at radius 2 is 1.96 bits per heavy atom. The maximum absolute atomic E-state index is 12.0. The van der Waals surface area contributed by atoms with Crippen LogP contribution in [0, 0.1) is 0 Å². The highest BCUT2D eigenvalue weighted by atomic mass is 16.6. The number of hydrogen-bond acceptors (Lipinski definition) is 5. The van der Waals surface area contributed by atoms with E-state index in [-0.39, 0.29) is 6.09 Å². The van der Waals surface area contributed by atoms with E-state index in [9.17, 15) is 4.79 Å². The molecule has 25 heavy (non-hydrogen) atoms. The van der Waals surface area contributed by atoms with Gasteiger partial charge in [0.1, 0.15) is 12.7 Å². The standard InChI is InChI=1S/C19H25N3O3/c1-24-21-14-6-8-15(9-7-14)22-12-10-19(11-13-22)16-4-2-3-5-17(16)20-18(23)25-19/h2-5,15H,6-13H2,1H3,(H,20,23). The summed E-state index contributed by atoms with van der Waals surface area (Å²) < 4.78 is 5.81. The van der Waals surface area contributed by atoms with Crippen molar-refractivity contribution in [1.82, 2.24) is 4.90 Å². The topological polar surface area (TPSA) is 63.2 Å². The van der Waals surface area contributed by atoms with Crippen LogP contribution in [-0.4, -0.2) is 42.9 Å². The second kappa shape index (κ2) is 6.67. The van der Waals surface area contributed by atoms with Gasteiger partial charge in [-0.3, -0.25) is 5.32 Å². The number of ether oxygens (including phenoxy) is 1. The van der Waals surface area contributed by atoms with Crippen LogP contribution in [-0.2, 0) is 15.2 Å². The minimum atomic E-state index is -0.466. The highest BCUT2D eigenvalue weighted by Gasteiger charge is 2.45. The average molecular weight is 343 g/mol. The Hall–Kier alpha value is -2.08. The molecular formula is C19H25N3O3. The molecule has 134 valence electrons. The van der Waals surface area contributed by atoms with Gasteiger partial charge in [-0.05, 0) is 31.7 Å². The first-order valence-electron chi connectivity index (χ1n) is 9.13. The lowest BCUT2D eigenvalue weighted by atomic mass is 9.81. The molecule has 3 aliphatic rings. The summed E-state index contributed by atoms with van der Waals surface area (Å²) in [6.07, 6.45) is 5.68. The molecule has 0 aromatic heterocycles. The summed E-state index contributed by atoms with van der Waals surface area (Å²) in [6.45, 7) is 1.92. The largest absolute Gasteiger partial charge is 0.438 e. The number of fused-ring (bicyclic) bond motifs is 2. The number of carbonyl (C=O) groups excluding carboxylic acids is 1. The number of carbonyl (C=O) groups is 1. The zero-order valence-electron chi connectivity index (χ0n) is 14.7. The Morgan fingerprint density at radius 3 is 2.68 bits per heavy atom. The average Bonchev–Trinajstić information content (AvgIpc) is 2.63. The van der Waals surface area contributed by atoms with Gasteiger partial charge in [-0.25, -0.2) is 4.79 Å². The number of benzene rings is 1. The first-order valence-corrected chi connectivity index (χ1v) is 9.13. The highest BCUT2D eigenvalue weighted by molar-refractivity contribution is 5.88. The number of nitrogens with zero attached hydrogens (tertiary/aromatic N) is 2. The molecule has 1 amide bonds. The Labute approximate surface area is 148 Å². The van der Waals surface area contributed by atoms with Crippen LogP contribution in [0.3, 0.4) is 0 Å². The number of para-hydroxylation sites is 1. The Kier molecular flexibility index (Phi) is 4.37. The van der Waals surface area contributed by atoms with Crippen molar-refractivity contribution >= 4 is 17.5 Å². The molecule has 2 aliphatic heterocycles. The third-order valence-electron chi connectivity index (χ3n) is 5.82. The molecule has 1 saturated heterocycles. The van der Waals surface area contributed by atoms with E-state index in [4.69, 9.17) is 9.57 Å². The van der Waals surface area contributed by atoms with Gasteiger partial charge in [0.05, 0.1) is 11.4 Å². The summed E-state index contributed by atoms with van der Waals surface area (Å²) in [4.78, 5) is 19.5. The maximum atomic E-state index is 12.0. The molecule has 1 N–H and O–H groups in total. The van der Waals surface area contributed by atoms with E-state index in [1.54, 1.807) is 7.11 Å². The summed E-state index contributed by atoms with van der Waals surface area (Å²) in [6, 6.07) is 8.61. The number of rotatable bonds is 2. The molecule has 6 nitrogen and oxygen atoms in total. The van der Waals surface area contributed by atoms with E-state index in [0.717, 1.165) is 62.9 Å². The van der Waals surface area contributed by atoms with Gasteiger partial charge in [0.2, 0.25) is 0 Å². The maximum Gasteiger partial charge on any atom is 0.412 e. The molecule has 4 rings (SSSR count). The van der Waals surface area contributed by atoms with E-state index < -0.39 is 5.60 Å². The van der Waals surface area contributed by atoms with Crippen molar-refractivity contribution < 1.29 is 14.4 Å². The predicted octanol–water partition coefficient (Wildman–Crippen LogP) is 3.48. The predicted molar refractivity (Wildman–Crippen MR) is 95.7 cm³/mol. The van der Waals surface area contributed by atoms with Gasteiger partial charge in [-0.15, -0.1) is 0 Å². The summed E-state index contributed by atoms with van der Waals surface area (Å²) in [5.41, 5.74) is 2.72. The fraction of sp³-hybridized carbons (Fsp3) is 0.579. The van der Waals surface area contributed by atoms with Crippen LogP contribution < -0.4 is 5.32 Å². The number of likely N-dealkylation sites (tertiary alicyclic amines) is 1. The lowest BCUT2D eigenvalue weighted by molar-refractivity contribution is -0.0472. The van der Waals surface area contributed by atoms with Gasteiger partial charge >= 0.3 is 6.09 Å². The van der Waals surface area contributed by atoms with Gasteiger partial charge in [-0.1, -0.05) is 23.4 Å². The van der Waals surface area contributed by atoms with Crippen LogP contribution >= 0.6 is 0 Å². The van der Waals surface area contributed by atoms with E-state index >= 15 is 0 Å². The fourth-order valence-corrected chi connectivity index (χ4v) is 4.50. The molecule has 1 aromatic rings. The summed E-state index contributed by atoms with van der Waals surface area (Å²) >= 11 is 0. The molecule has 6 heteroatoms. The number of amides is 1. The quantitative estimate of drug-likeness (QED) is 0.835. The van der Waals surface area contributed by atoms with Gasteiger partial charge in [0, 0.05) is 37.5 Å². The van der Waals surface area contributed by atoms with E-state index in [1.165, 1.54) is 5.71 Å². The summed E-state index contributed by atoms with van der Waals surface area (Å²) in [7, 11) is 1.61. The van der Waals surface area contributed by atoms with E-state index in [2.05, 4.69) is 21.4 Å². The second-order valence-electron chi connectivity index (χ2n) is 7.16. The van der Waals surface area contributed by atoms with Crippen molar-refractivity contribution in [2.45, 2.75) is 50.2 Å². The number of hydrogen-bond donors (Lipinski definition) is 1. The van der Waals surface area contributed by atoms with E-state index in [0.29, 0.717) is 6.04 Å². The molecule has 0 unspecified atom stereocenters. The van der Waals surface area contributed by atoms with Crippen LogP contribution in [0.1, 0.15) is 44.1 Å². The molecule has 1 spiro atoms. The van der Waals surface area contributed by atoms with Crippen molar-refractivity contribution in [3.05, 3.63) is 29.8 Å². The normalized spacial score (nSPS) is 25.7. The van der Waals surface area contributed by atoms with Crippen LogP contribution in [0.5, 0.6) is 0 Å². The SMILES string of the molecule is CON=C1CCC(N2CCC3(CC2)OC(=O)Nc2ccccc23)CC1. The molecule has 0 bridgehead atoms. The molecule has 2 heterocycles. The van der Waals surface area contributed by atoms with Crippen molar-refractivity contribution in [2.75, 3.05) is 25.5 Å². The first-order chi connectivity index (χ1) is 12.2. The minimum Gasteiger partial charge on any atom is -0.438 e. The van der Waals surface area contributed by atoms with Crippen molar-refractivity contribution in [1.29, 1.82) is 0 Å². The van der Waals surface area contributed by atoms with Crippen LogP contribution in [0.15, 0.2) is 29.4 Å². The van der Waals surface area contributed by atoms with Crippen LogP contribution in [0.25, 0.3) is 0 Å². The third kappa shape index (κ3) is 3.11. The third-order valence-corrected chi connectivity index (χ3v) is 5.82. The van der Waals surface area contributed by atoms with Gasteiger partial charge < -0.3 is 14.5 Å². The Bertz CT molecular complexity index is 670. The summed E-state index contributed by atoms with van der Waals surface area (Å²) in [5.74, 6) is 0. The molecule has 1 aromatic carbocycles. The lowest BCUT2D eigenvalue weighted by Gasteiger charge is -2.46. The highest BCUT2D eigenvalue weighted by Crippen LogP contribution is 2.44. The summed E-state index contributed by atoms with van der Waals surface area (Å²) in [5, 5.41) is 6.92. The van der Waals surface area contributed by atoms with Crippen molar-refractivity contribution in [2.24, 2.45) is 5.16 Å². The molecular weight excluding hydrogens is 318 g/mol. The zero-order chi connectivity index (χ0) is 17.3. The Morgan fingerprint density at radius 1 is 1.24 bits per heavy atom. The van der Waals surface area contributed by atoms with E-state index in [1.807, 2.05) is 18.2 Å². The molecule has 1 saturated carbocycles. The molecule has 2 fully saturated rings. The Balaban J connectivity index is 1.44. The lowest BCUT2D eigenvalue weighted by Crippen LogP contribution is -2.51. The van der Waals surface area contributed by atoms with Crippen LogP contribution in [0.4, 0.5) is 10.5 Å². The van der Waals surface area contributed by atoms with Gasteiger partial charge in [0.15, 0.2) is 0 Å². The number of oxime groups is 1. The monoisotopic (exact) mass is 343 g/mol. The number of anilines is 1. The van der Waals surface area contributed by atoms with Crippen molar-refractivity contribution in [3.63, 3.8) is 0 Å².